The molecule has 1 amide bonds. The van der Waals surface area contributed by atoms with E-state index < -0.39 is 23.1 Å². The summed E-state index contributed by atoms with van der Waals surface area (Å²) in [4.78, 5) is 18.7. The summed E-state index contributed by atoms with van der Waals surface area (Å²) in [6, 6.07) is 1.50. The minimum absolute atomic E-state index is 0.0482. The number of hydrogen-bond acceptors (Lipinski definition) is 6. The zero-order valence-electron chi connectivity index (χ0n) is 21.0. The van der Waals surface area contributed by atoms with Crippen LogP contribution < -0.4 is 11.1 Å². The summed E-state index contributed by atoms with van der Waals surface area (Å²) in [6.07, 6.45) is 8.11. The van der Waals surface area contributed by atoms with Gasteiger partial charge in [0.25, 0.3) is 5.91 Å². The number of primary amides is 1. The first-order chi connectivity index (χ1) is 17.9. The number of amides is 1. The highest BCUT2D eigenvalue weighted by atomic mass is 19.1. The highest BCUT2D eigenvalue weighted by Gasteiger charge is 2.35. The molecule has 194 valence electrons. The van der Waals surface area contributed by atoms with Crippen LogP contribution in [0, 0.1) is 23.5 Å². The van der Waals surface area contributed by atoms with E-state index in [1.807, 2.05) is 19.2 Å². The summed E-state index contributed by atoms with van der Waals surface area (Å²) in [6.45, 7) is 3.10. The molecule has 9 nitrogen and oxygen atoms in total. The van der Waals surface area contributed by atoms with Crippen LogP contribution in [0.5, 0.6) is 0 Å². The lowest BCUT2D eigenvalue weighted by Crippen LogP contribution is -2.28. The van der Waals surface area contributed by atoms with E-state index >= 15 is 4.39 Å². The zero-order chi connectivity index (χ0) is 26.3. The number of allylic oxidation sites excluding steroid dienone is 1. The minimum Gasteiger partial charge on any atom is -0.383 e. The van der Waals surface area contributed by atoms with Gasteiger partial charge in [-0.05, 0) is 38.3 Å². The Morgan fingerprint density at radius 3 is 2.76 bits per heavy atom. The molecule has 3 N–H and O–H groups in total. The van der Waals surface area contributed by atoms with E-state index in [1.165, 1.54) is 12.4 Å². The highest BCUT2D eigenvalue weighted by Crippen LogP contribution is 2.38. The minimum atomic E-state index is -0.837. The smallest absolute Gasteiger partial charge is 0.255 e. The van der Waals surface area contributed by atoms with Crippen molar-refractivity contribution in [3.63, 3.8) is 0 Å². The molecule has 1 aromatic carbocycles. The largest absolute Gasteiger partial charge is 0.383 e. The van der Waals surface area contributed by atoms with Gasteiger partial charge in [0.2, 0.25) is 0 Å². The van der Waals surface area contributed by atoms with Crippen LogP contribution in [0.15, 0.2) is 24.7 Å². The van der Waals surface area contributed by atoms with Crippen molar-refractivity contribution in [2.45, 2.75) is 44.3 Å². The van der Waals surface area contributed by atoms with Crippen LogP contribution in [0.4, 0.5) is 14.6 Å². The van der Waals surface area contributed by atoms with Gasteiger partial charge >= 0.3 is 0 Å². The monoisotopic (exact) mass is 509 g/mol. The molecule has 1 aliphatic carbocycles. The van der Waals surface area contributed by atoms with E-state index in [0.717, 1.165) is 12.8 Å². The lowest BCUT2D eigenvalue weighted by molar-refractivity contribution is 0.100. The number of nitrogens with two attached hydrogens (primary N) is 1. The molecule has 0 bridgehead atoms. The Labute approximate surface area is 213 Å². The van der Waals surface area contributed by atoms with Crippen LogP contribution >= 0.6 is 0 Å². The number of carbonyl (C=O) groups excluding carboxylic acids is 1. The highest BCUT2D eigenvalue weighted by molar-refractivity contribution is 6.00. The molecule has 1 aliphatic heterocycles. The van der Waals surface area contributed by atoms with Crippen LogP contribution in [-0.4, -0.2) is 63.5 Å². The summed E-state index contributed by atoms with van der Waals surface area (Å²) < 4.78 is 39.1. The summed E-state index contributed by atoms with van der Waals surface area (Å²) in [7, 11) is 3.31. The Hall–Kier alpha value is -3.91. The molecule has 1 saturated carbocycles. The second-order valence-electron chi connectivity index (χ2n) is 9.36. The molecule has 11 heteroatoms. The normalized spacial score (nSPS) is 19.5. The van der Waals surface area contributed by atoms with Gasteiger partial charge in [-0.25, -0.2) is 18.4 Å². The van der Waals surface area contributed by atoms with Gasteiger partial charge in [0.1, 0.15) is 22.7 Å². The quantitative estimate of drug-likeness (QED) is 0.475. The van der Waals surface area contributed by atoms with Gasteiger partial charge < -0.3 is 25.3 Å². The molecule has 3 aromatic rings. The Morgan fingerprint density at radius 1 is 1.32 bits per heavy atom. The molecule has 0 unspecified atom stereocenters. The van der Waals surface area contributed by atoms with Gasteiger partial charge in [0.05, 0.1) is 36.1 Å². The maximum atomic E-state index is 15.2. The van der Waals surface area contributed by atoms with Gasteiger partial charge in [-0.1, -0.05) is 12.0 Å². The van der Waals surface area contributed by atoms with Gasteiger partial charge in [-0.15, -0.1) is 0 Å². The van der Waals surface area contributed by atoms with Crippen LogP contribution in [0.2, 0.25) is 0 Å². The molecule has 0 radical (unpaired) electrons. The number of rotatable bonds is 7. The number of fused-ring (bicyclic) bond motifs is 1. The number of nitrogens with zero attached hydrogens (tertiary/aromatic N) is 5. The van der Waals surface area contributed by atoms with Crippen LogP contribution in [0.1, 0.15) is 59.9 Å². The van der Waals surface area contributed by atoms with Crippen LogP contribution in [0.3, 0.4) is 0 Å². The second-order valence-corrected chi connectivity index (χ2v) is 9.36. The molecule has 1 saturated heterocycles. The first-order valence-electron chi connectivity index (χ1n) is 12.2. The van der Waals surface area contributed by atoms with E-state index in [1.54, 1.807) is 23.4 Å². The predicted molar refractivity (Wildman–Crippen MR) is 135 cm³/mol. The third-order valence-electron chi connectivity index (χ3n) is 6.88. The number of ether oxygens (including phenoxy) is 1. The Morgan fingerprint density at radius 2 is 2.11 bits per heavy atom. The van der Waals surface area contributed by atoms with E-state index in [9.17, 15) is 9.18 Å². The summed E-state index contributed by atoms with van der Waals surface area (Å²) in [5.41, 5.74) is 5.85. The first kappa shape index (κ1) is 24.8. The van der Waals surface area contributed by atoms with Crippen molar-refractivity contribution in [1.29, 1.82) is 0 Å². The third-order valence-corrected chi connectivity index (χ3v) is 6.88. The van der Waals surface area contributed by atoms with Crippen molar-refractivity contribution in [3.8, 4) is 11.8 Å². The van der Waals surface area contributed by atoms with Crippen molar-refractivity contribution < 1.29 is 18.3 Å². The molecule has 0 spiro atoms. The van der Waals surface area contributed by atoms with Gasteiger partial charge in [-0.3, -0.25) is 4.79 Å². The molecule has 37 heavy (non-hydrogen) atoms. The fourth-order valence-corrected chi connectivity index (χ4v) is 5.06. The van der Waals surface area contributed by atoms with E-state index in [-0.39, 0.29) is 34.9 Å². The SMILES string of the molecule is CC=CN1C[C@@H](n2nc(C#Cc3c(F)cc4c(ncn4C4CC4)c3F)c(C(N)=O)c2NC)C[C@@H]1COC. The van der Waals surface area contributed by atoms with E-state index in [0.29, 0.717) is 30.9 Å². The number of hydrogen-bond donors (Lipinski definition) is 2. The van der Waals surface area contributed by atoms with Crippen molar-refractivity contribution in [1.82, 2.24) is 24.2 Å². The maximum Gasteiger partial charge on any atom is 0.255 e. The lowest BCUT2D eigenvalue weighted by Gasteiger charge is -2.21. The number of halogens is 2. The maximum absolute atomic E-state index is 15.2. The summed E-state index contributed by atoms with van der Waals surface area (Å²) in [5.74, 6) is 3.28. The fourth-order valence-electron chi connectivity index (χ4n) is 5.06. The molecule has 3 heterocycles. The second kappa shape index (κ2) is 9.86. The number of aromatic nitrogens is 4. The zero-order valence-corrected chi connectivity index (χ0v) is 21.0. The number of anilines is 1. The number of imidazole rings is 1. The molecular formula is C26H29F2N7O2. The first-order valence-corrected chi connectivity index (χ1v) is 12.2. The summed E-state index contributed by atoms with van der Waals surface area (Å²) in [5, 5.41) is 7.57. The molecule has 2 atom stereocenters. The van der Waals surface area contributed by atoms with Crippen molar-refractivity contribution in [3.05, 3.63) is 53.1 Å². The van der Waals surface area contributed by atoms with Crippen molar-refractivity contribution >= 4 is 22.8 Å². The van der Waals surface area contributed by atoms with E-state index in [2.05, 4.69) is 32.1 Å². The van der Waals surface area contributed by atoms with Crippen molar-refractivity contribution in [2.24, 2.45) is 5.73 Å². The van der Waals surface area contributed by atoms with Crippen LogP contribution in [-0.2, 0) is 4.74 Å². The molecule has 2 aromatic heterocycles. The summed E-state index contributed by atoms with van der Waals surface area (Å²) >= 11 is 0. The van der Waals surface area contributed by atoms with Gasteiger partial charge in [-0.2, -0.15) is 5.10 Å². The third kappa shape index (κ3) is 4.42. The lowest BCUT2D eigenvalue weighted by atomic mass is 10.1. The Balaban J connectivity index is 1.55. The predicted octanol–water partition coefficient (Wildman–Crippen LogP) is 3.18. The number of carbonyl (C=O) groups is 1. The average molecular weight is 510 g/mol. The Kier molecular flexibility index (Phi) is 6.60. The Bertz CT molecular complexity index is 1440. The standard InChI is InChI=1S/C26H29F2N7O2/c1-4-9-33-12-16(10-17(33)13-37-3)35-26(30-2)22(25(29)36)20(32-35)8-7-18-19(27)11-21-24(23(18)28)31-14-34(21)15-5-6-15/h4,9,11,14-17,30H,5-6,10,12-13H2,1-3H3,(H2,29,36)/t16-,17+/m0/s1. The fraction of sp³-hybridized carbons (Fsp3) is 0.423. The number of likely N-dealkylation sites (tertiary alicyclic amines) is 1. The average Bonchev–Trinajstić information content (AvgIpc) is 3.32. The topological polar surface area (TPSA) is 103 Å². The van der Waals surface area contributed by atoms with Crippen molar-refractivity contribution in [2.75, 3.05) is 32.6 Å². The molecule has 2 fully saturated rings. The number of benzene rings is 1. The molecular weight excluding hydrogens is 480 g/mol. The number of nitrogens with one attached hydrogen (secondary N) is 1. The number of methoxy groups -OCH3 is 1. The molecule has 5 rings (SSSR count). The van der Waals surface area contributed by atoms with E-state index in [4.69, 9.17) is 10.5 Å². The van der Waals surface area contributed by atoms with Gasteiger partial charge in [0, 0.05) is 32.8 Å². The molecule has 2 aliphatic rings. The van der Waals surface area contributed by atoms with Gasteiger partial charge in [0.15, 0.2) is 11.5 Å². The van der Waals surface area contributed by atoms with Crippen LogP contribution in [0.25, 0.3) is 11.0 Å².